The Hall–Kier alpha value is -1.40. The number of hydrogen-bond acceptors (Lipinski definition) is 3. The molecule has 3 fully saturated rings. The highest BCUT2D eigenvalue weighted by atomic mass is 79.9. The zero-order chi connectivity index (χ0) is 18.3. The van der Waals surface area contributed by atoms with Crippen LogP contribution < -0.4 is 0 Å². The second-order valence-electron chi connectivity index (χ2n) is 7.75. The van der Waals surface area contributed by atoms with Crippen molar-refractivity contribution in [1.29, 1.82) is 0 Å². The van der Waals surface area contributed by atoms with Crippen LogP contribution >= 0.6 is 15.9 Å². The van der Waals surface area contributed by atoms with Crippen molar-refractivity contribution >= 4 is 27.7 Å². The summed E-state index contributed by atoms with van der Waals surface area (Å²) in [5.74, 6) is 0.291. The molecule has 0 unspecified atom stereocenters. The quantitative estimate of drug-likeness (QED) is 0.816. The number of aliphatic hydroxyl groups excluding tert-OH is 1. The second kappa shape index (κ2) is 7.31. The maximum Gasteiger partial charge on any atom is 0.242 e. The maximum absolute atomic E-state index is 12.9. The van der Waals surface area contributed by atoms with Gasteiger partial charge in [-0.25, -0.2) is 0 Å². The molecule has 140 valence electrons. The maximum atomic E-state index is 12.9. The first-order chi connectivity index (χ1) is 12.6. The number of amides is 2. The molecule has 2 amide bonds. The van der Waals surface area contributed by atoms with Gasteiger partial charge in [-0.3, -0.25) is 9.59 Å². The van der Waals surface area contributed by atoms with Gasteiger partial charge >= 0.3 is 0 Å². The van der Waals surface area contributed by atoms with E-state index in [4.69, 9.17) is 0 Å². The third kappa shape index (κ3) is 3.07. The lowest BCUT2D eigenvalue weighted by molar-refractivity contribution is -0.168. The summed E-state index contributed by atoms with van der Waals surface area (Å²) in [6.45, 7) is 0.702. The van der Waals surface area contributed by atoms with E-state index in [0.29, 0.717) is 6.54 Å². The van der Waals surface area contributed by atoms with E-state index in [1.165, 1.54) is 6.42 Å². The van der Waals surface area contributed by atoms with E-state index in [0.717, 1.165) is 35.7 Å². The van der Waals surface area contributed by atoms with Gasteiger partial charge in [0, 0.05) is 22.9 Å². The summed E-state index contributed by atoms with van der Waals surface area (Å²) in [5.41, 5.74) is 1.12. The lowest BCUT2D eigenvalue weighted by atomic mass is 9.73. The number of piperazine rings is 1. The topological polar surface area (TPSA) is 60.9 Å². The molecule has 1 aliphatic carbocycles. The van der Waals surface area contributed by atoms with Crippen LogP contribution in [0.3, 0.4) is 0 Å². The van der Waals surface area contributed by atoms with Gasteiger partial charge in [0.15, 0.2) is 0 Å². The standard InChI is InChI=1S/C20H25BrN2O3/c21-15-8-6-13(7-9-15)19-16-10-22(11-18(25)23(16)17(19)12-24)20(26)14-4-2-1-3-5-14/h6-9,14,16-17,19,24H,1-5,10-12H2/t16-,17+,19-/m1/s1. The Bertz CT molecular complexity index is 687. The molecule has 2 heterocycles. The molecule has 1 N–H and O–H groups in total. The van der Waals surface area contributed by atoms with Crippen LogP contribution in [0.2, 0.25) is 0 Å². The van der Waals surface area contributed by atoms with Crippen molar-refractivity contribution in [2.24, 2.45) is 5.92 Å². The highest BCUT2D eigenvalue weighted by Crippen LogP contribution is 2.43. The van der Waals surface area contributed by atoms with Crippen LogP contribution in [0.25, 0.3) is 0 Å². The summed E-state index contributed by atoms with van der Waals surface area (Å²) in [7, 11) is 0. The Morgan fingerprint density at radius 1 is 1.15 bits per heavy atom. The van der Waals surface area contributed by atoms with E-state index in [-0.39, 0.29) is 48.9 Å². The summed E-state index contributed by atoms with van der Waals surface area (Å²) in [6, 6.07) is 7.86. The molecule has 2 saturated heterocycles. The molecule has 5 nitrogen and oxygen atoms in total. The van der Waals surface area contributed by atoms with Gasteiger partial charge in [-0.2, -0.15) is 0 Å². The van der Waals surface area contributed by atoms with Crippen LogP contribution in [0, 0.1) is 5.92 Å². The molecule has 1 aromatic rings. The van der Waals surface area contributed by atoms with Crippen molar-refractivity contribution in [1.82, 2.24) is 9.80 Å². The van der Waals surface area contributed by atoms with Gasteiger partial charge in [-0.1, -0.05) is 47.3 Å². The first-order valence-corrected chi connectivity index (χ1v) is 10.4. The minimum Gasteiger partial charge on any atom is -0.394 e. The number of hydrogen-bond donors (Lipinski definition) is 1. The first-order valence-electron chi connectivity index (χ1n) is 9.56. The van der Waals surface area contributed by atoms with Crippen molar-refractivity contribution < 1.29 is 14.7 Å². The lowest BCUT2D eigenvalue weighted by Crippen LogP contribution is -2.73. The number of halogens is 1. The van der Waals surface area contributed by atoms with Gasteiger partial charge in [0.1, 0.15) is 0 Å². The summed E-state index contributed by atoms with van der Waals surface area (Å²) in [4.78, 5) is 29.2. The molecule has 2 aliphatic heterocycles. The van der Waals surface area contributed by atoms with Crippen molar-refractivity contribution in [3.8, 4) is 0 Å². The van der Waals surface area contributed by atoms with Crippen LogP contribution in [0.15, 0.2) is 28.7 Å². The molecule has 6 heteroatoms. The highest BCUT2D eigenvalue weighted by Gasteiger charge is 2.54. The first kappa shape index (κ1) is 18.0. The fourth-order valence-corrected chi connectivity index (χ4v) is 5.22. The van der Waals surface area contributed by atoms with Crippen molar-refractivity contribution in [2.75, 3.05) is 19.7 Å². The Labute approximate surface area is 162 Å². The van der Waals surface area contributed by atoms with E-state index in [1.54, 1.807) is 9.80 Å². The van der Waals surface area contributed by atoms with E-state index in [9.17, 15) is 14.7 Å². The third-order valence-electron chi connectivity index (χ3n) is 6.27. The average Bonchev–Trinajstić information content (AvgIpc) is 2.65. The number of rotatable bonds is 3. The van der Waals surface area contributed by atoms with Gasteiger partial charge in [-0.15, -0.1) is 0 Å². The van der Waals surface area contributed by atoms with Gasteiger partial charge < -0.3 is 14.9 Å². The molecule has 0 aromatic heterocycles. The zero-order valence-corrected chi connectivity index (χ0v) is 16.4. The van der Waals surface area contributed by atoms with Crippen molar-refractivity contribution in [3.63, 3.8) is 0 Å². The molecule has 26 heavy (non-hydrogen) atoms. The molecule has 1 saturated carbocycles. The average molecular weight is 421 g/mol. The van der Waals surface area contributed by atoms with Gasteiger partial charge in [-0.05, 0) is 30.5 Å². The molecule has 3 aliphatic rings. The lowest BCUT2D eigenvalue weighted by Gasteiger charge is -2.59. The number of nitrogens with zero attached hydrogens (tertiary/aromatic N) is 2. The summed E-state index contributed by atoms with van der Waals surface area (Å²) >= 11 is 3.45. The monoisotopic (exact) mass is 420 g/mol. The van der Waals surface area contributed by atoms with Crippen LogP contribution in [-0.2, 0) is 9.59 Å². The minimum atomic E-state index is -0.180. The Kier molecular flexibility index (Phi) is 5.06. The zero-order valence-electron chi connectivity index (χ0n) is 14.8. The fourth-order valence-electron chi connectivity index (χ4n) is 4.96. The molecule has 0 radical (unpaired) electrons. The molecule has 0 spiro atoms. The third-order valence-corrected chi connectivity index (χ3v) is 6.80. The number of carbonyl (C=O) groups is 2. The molecule has 4 rings (SSSR count). The van der Waals surface area contributed by atoms with E-state index < -0.39 is 0 Å². The second-order valence-corrected chi connectivity index (χ2v) is 8.66. The largest absolute Gasteiger partial charge is 0.394 e. The Balaban J connectivity index is 1.53. The minimum absolute atomic E-state index is 0.0258. The van der Waals surface area contributed by atoms with Crippen molar-refractivity contribution in [3.05, 3.63) is 34.3 Å². The van der Waals surface area contributed by atoms with Crippen LogP contribution in [0.5, 0.6) is 0 Å². The van der Waals surface area contributed by atoms with Crippen molar-refractivity contribution in [2.45, 2.75) is 50.1 Å². The van der Waals surface area contributed by atoms with Crippen LogP contribution in [0.4, 0.5) is 0 Å². The Morgan fingerprint density at radius 3 is 2.50 bits per heavy atom. The number of carbonyl (C=O) groups excluding carboxylic acids is 2. The van der Waals surface area contributed by atoms with E-state index in [2.05, 4.69) is 15.9 Å². The van der Waals surface area contributed by atoms with Crippen LogP contribution in [0.1, 0.15) is 43.6 Å². The van der Waals surface area contributed by atoms with Crippen LogP contribution in [-0.4, -0.2) is 58.5 Å². The molecule has 0 bridgehead atoms. The fraction of sp³-hybridized carbons (Fsp3) is 0.600. The molecular formula is C20H25BrN2O3. The van der Waals surface area contributed by atoms with Gasteiger partial charge in [0.25, 0.3) is 0 Å². The molecule has 1 aromatic carbocycles. The van der Waals surface area contributed by atoms with E-state index >= 15 is 0 Å². The van der Waals surface area contributed by atoms with E-state index in [1.807, 2.05) is 24.3 Å². The Morgan fingerprint density at radius 2 is 1.85 bits per heavy atom. The summed E-state index contributed by atoms with van der Waals surface area (Å²) in [6.07, 6.45) is 5.34. The summed E-state index contributed by atoms with van der Waals surface area (Å²) < 4.78 is 1.01. The van der Waals surface area contributed by atoms with Gasteiger partial charge in [0.05, 0.1) is 25.2 Å². The van der Waals surface area contributed by atoms with Gasteiger partial charge in [0.2, 0.25) is 11.8 Å². The normalized spacial score (nSPS) is 29.3. The molecule has 3 atom stereocenters. The number of aliphatic hydroxyl groups is 1. The number of fused-ring (bicyclic) bond motifs is 1. The predicted molar refractivity (Wildman–Crippen MR) is 102 cm³/mol. The SMILES string of the molecule is O=C(C1CCCCC1)N1CC(=O)N2[C@H](C1)[C@@H](c1ccc(Br)cc1)[C@@H]2CO. The summed E-state index contributed by atoms with van der Waals surface area (Å²) in [5, 5.41) is 9.82. The predicted octanol–water partition coefficient (Wildman–Crippen LogP) is 2.53. The highest BCUT2D eigenvalue weighted by molar-refractivity contribution is 9.10. The smallest absolute Gasteiger partial charge is 0.242 e. The molecular weight excluding hydrogens is 396 g/mol. The number of benzene rings is 1.